The van der Waals surface area contributed by atoms with Crippen LogP contribution in [0.1, 0.15) is 53.4 Å². The van der Waals surface area contributed by atoms with E-state index in [4.69, 9.17) is 14.3 Å². The number of amides is 1. The van der Waals surface area contributed by atoms with Crippen molar-refractivity contribution in [3.8, 4) is 5.75 Å². The number of nitrogens with zero attached hydrogens (tertiary/aromatic N) is 1. The molecule has 0 radical (unpaired) electrons. The van der Waals surface area contributed by atoms with Gasteiger partial charge in [0.15, 0.2) is 0 Å². The van der Waals surface area contributed by atoms with Gasteiger partial charge in [-0.1, -0.05) is 12.1 Å². The predicted octanol–water partition coefficient (Wildman–Crippen LogP) is 4.10. The maximum absolute atomic E-state index is 12.9. The highest BCUT2D eigenvalue weighted by molar-refractivity contribution is 5.97. The Morgan fingerprint density at radius 2 is 1.90 bits per heavy atom. The van der Waals surface area contributed by atoms with Crippen LogP contribution in [0, 0.1) is 12.8 Å². The second-order valence-corrected chi connectivity index (χ2v) is 7.64. The first-order valence-electron chi connectivity index (χ1n) is 10.3. The van der Waals surface area contributed by atoms with Crippen molar-refractivity contribution in [2.75, 3.05) is 19.7 Å². The number of aryl methyl sites for hydroxylation is 2. The van der Waals surface area contributed by atoms with Gasteiger partial charge >= 0.3 is 5.97 Å². The van der Waals surface area contributed by atoms with Crippen LogP contribution in [0.15, 0.2) is 34.9 Å². The zero-order chi connectivity index (χ0) is 20.8. The summed E-state index contributed by atoms with van der Waals surface area (Å²) in [6.45, 7) is 5.83. The number of carboxylic acids is 1. The lowest BCUT2D eigenvalue weighted by atomic mass is 9.90. The SMILES string of the molecule is CCOc1ccc(CCC2CCN(C(=O)c3c(C)coc3CC(=O)O)CC2)cc1. The Morgan fingerprint density at radius 1 is 1.21 bits per heavy atom. The van der Waals surface area contributed by atoms with Crippen molar-refractivity contribution in [2.24, 2.45) is 5.92 Å². The molecule has 6 heteroatoms. The third-order valence-electron chi connectivity index (χ3n) is 5.55. The Bertz CT molecular complexity index is 831. The minimum atomic E-state index is -0.999. The van der Waals surface area contributed by atoms with Gasteiger partial charge in [0, 0.05) is 18.7 Å². The van der Waals surface area contributed by atoms with Crippen LogP contribution in [0.5, 0.6) is 5.75 Å². The molecular formula is C23H29NO5. The predicted molar refractivity (Wildman–Crippen MR) is 109 cm³/mol. The number of benzene rings is 1. The van der Waals surface area contributed by atoms with Gasteiger partial charge in [0.25, 0.3) is 5.91 Å². The van der Waals surface area contributed by atoms with E-state index in [2.05, 4.69) is 12.1 Å². The molecule has 29 heavy (non-hydrogen) atoms. The number of aliphatic carboxylic acids is 1. The first-order valence-corrected chi connectivity index (χ1v) is 10.3. The van der Waals surface area contributed by atoms with Crippen molar-refractivity contribution >= 4 is 11.9 Å². The third-order valence-corrected chi connectivity index (χ3v) is 5.55. The number of piperidine rings is 1. The molecule has 0 spiro atoms. The monoisotopic (exact) mass is 399 g/mol. The molecule has 1 aliphatic rings. The molecule has 0 atom stereocenters. The second kappa shape index (κ2) is 9.63. The summed E-state index contributed by atoms with van der Waals surface area (Å²) in [5.41, 5.74) is 2.42. The van der Waals surface area contributed by atoms with E-state index >= 15 is 0 Å². The van der Waals surface area contributed by atoms with E-state index in [0.717, 1.165) is 31.4 Å². The van der Waals surface area contributed by atoms with Crippen LogP contribution in [0.3, 0.4) is 0 Å². The number of carbonyl (C=O) groups excluding carboxylic acids is 1. The van der Waals surface area contributed by atoms with E-state index in [0.29, 0.717) is 36.7 Å². The lowest BCUT2D eigenvalue weighted by molar-refractivity contribution is -0.136. The van der Waals surface area contributed by atoms with Gasteiger partial charge in [-0.3, -0.25) is 9.59 Å². The number of likely N-dealkylation sites (tertiary alicyclic amines) is 1. The highest BCUT2D eigenvalue weighted by atomic mass is 16.5. The average Bonchev–Trinajstić information content (AvgIpc) is 3.07. The Balaban J connectivity index is 1.51. The number of rotatable bonds is 8. The molecule has 2 aromatic rings. The highest BCUT2D eigenvalue weighted by Crippen LogP contribution is 2.26. The molecule has 1 aliphatic heterocycles. The Labute approximate surface area is 171 Å². The number of hydrogen-bond acceptors (Lipinski definition) is 4. The summed E-state index contributed by atoms with van der Waals surface area (Å²) >= 11 is 0. The van der Waals surface area contributed by atoms with Gasteiger partial charge in [0.1, 0.15) is 17.9 Å². The molecule has 1 fully saturated rings. The summed E-state index contributed by atoms with van der Waals surface area (Å²) in [7, 11) is 0. The smallest absolute Gasteiger partial charge is 0.311 e. The summed E-state index contributed by atoms with van der Waals surface area (Å²) in [5, 5.41) is 9.03. The summed E-state index contributed by atoms with van der Waals surface area (Å²) in [5.74, 6) is 0.630. The minimum absolute atomic E-state index is 0.113. The van der Waals surface area contributed by atoms with Gasteiger partial charge in [-0.2, -0.15) is 0 Å². The maximum atomic E-state index is 12.9. The van der Waals surface area contributed by atoms with Crippen molar-refractivity contribution in [3.63, 3.8) is 0 Å². The molecule has 0 unspecified atom stereocenters. The molecule has 1 aromatic carbocycles. The minimum Gasteiger partial charge on any atom is -0.494 e. The fourth-order valence-corrected chi connectivity index (χ4v) is 3.93. The number of carboxylic acid groups (broad SMARTS) is 1. The normalized spacial score (nSPS) is 14.8. The van der Waals surface area contributed by atoms with Gasteiger partial charge < -0.3 is 19.2 Å². The Morgan fingerprint density at radius 3 is 2.52 bits per heavy atom. The number of hydrogen-bond donors (Lipinski definition) is 1. The van der Waals surface area contributed by atoms with Crippen molar-refractivity contribution < 1.29 is 23.8 Å². The topological polar surface area (TPSA) is 80.0 Å². The molecule has 1 aromatic heterocycles. The summed E-state index contributed by atoms with van der Waals surface area (Å²) < 4.78 is 10.8. The van der Waals surface area contributed by atoms with E-state index in [1.807, 2.05) is 24.0 Å². The highest BCUT2D eigenvalue weighted by Gasteiger charge is 2.28. The van der Waals surface area contributed by atoms with Gasteiger partial charge in [-0.15, -0.1) is 0 Å². The van der Waals surface area contributed by atoms with Crippen molar-refractivity contribution in [1.29, 1.82) is 0 Å². The van der Waals surface area contributed by atoms with Crippen molar-refractivity contribution in [3.05, 3.63) is 53.0 Å². The lowest BCUT2D eigenvalue weighted by Gasteiger charge is -2.32. The fourth-order valence-electron chi connectivity index (χ4n) is 3.93. The van der Waals surface area contributed by atoms with E-state index in [1.54, 1.807) is 6.92 Å². The first-order chi connectivity index (χ1) is 14.0. The Hall–Kier alpha value is -2.76. The molecule has 1 amide bonds. The number of ether oxygens (including phenoxy) is 1. The molecule has 1 N–H and O–H groups in total. The van der Waals surface area contributed by atoms with Crippen LogP contribution in [0.25, 0.3) is 0 Å². The molecule has 6 nitrogen and oxygen atoms in total. The first kappa shape index (κ1) is 21.0. The molecule has 0 bridgehead atoms. The quantitative estimate of drug-likeness (QED) is 0.723. The van der Waals surface area contributed by atoms with Crippen molar-refractivity contribution in [2.45, 2.75) is 46.0 Å². The zero-order valence-electron chi connectivity index (χ0n) is 17.1. The zero-order valence-corrected chi connectivity index (χ0v) is 17.1. The largest absolute Gasteiger partial charge is 0.494 e. The van der Waals surface area contributed by atoms with Gasteiger partial charge in [0.05, 0.1) is 18.4 Å². The fraction of sp³-hybridized carbons (Fsp3) is 0.478. The molecule has 2 heterocycles. The van der Waals surface area contributed by atoms with Gasteiger partial charge in [-0.05, 0) is 63.1 Å². The van der Waals surface area contributed by atoms with Crippen LogP contribution in [-0.4, -0.2) is 41.6 Å². The van der Waals surface area contributed by atoms with Crippen LogP contribution in [-0.2, 0) is 17.6 Å². The number of furan rings is 1. The van der Waals surface area contributed by atoms with Crippen molar-refractivity contribution in [1.82, 2.24) is 4.90 Å². The van der Waals surface area contributed by atoms with E-state index < -0.39 is 5.97 Å². The van der Waals surface area contributed by atoms with Gasteiger partial charge in [0.2, 0.25) is 0 Å². The standard InChI is InChI=1S/C23H29NO5/c1-3-28-19-8-6-17(7-9-19)4-5-18-10-12-24(13-11-18)23(27)22-16(2)15-29-20(22)14-21(25)26/h6-9,15,18H,3-5,10-14H2,1-2H3,(H,25,26). The maximum Gasteiger partial charge on any atom is 0.311 e. The molecule has 0 aliphatic carbocycles. The third kappa shape index (κ3) is 5.40. The van der Waals surface area contributed by atoms with Crippen LogP contribution >= 0.6 is 0 Å². The molecule has 156 valence electrons. The summed E-state index contributed by atoms with van der Waals surface area (Å²) in [4.78, 5) is 25.8. The molecular weight excluding hydrogens is 370 g/mol. The lowest BCUT2D eigenvalue weighted by Crippen LogP contribution is -2.39. The van der Waals surface area contributed by atoms with E-state index in [9.17, 15) is 9.59 Å². The van der Waals surface area contributed by atoms with E-state index in [1.165, 1.54) is 11.8 Å². The summed E-state index contributed by atoms with van der Waals surface area (Å²) in [6.07, 6.45) is 5.25. The molecule has 3 rings (SSSR count). The molecule has 0 saturated carbocycles. The average molecular weight is 399 g/mol. The Kier molecular flexibility index (Phi) is 6.96. The van der Waals surface area contributed by atoms with Crippen LogP contribution in [0.2, 0.25) is 0 Å². The van der Waals surface area contributed by atoms with Crippen LogP contribution < -0.4 is 4.74 Å². The molecule has 1 saturated heterocycles. The summed E-state index contributed by atoms with van der Waals surface area (Å²) in [6, 6.07) is 8.27. The van der Waals surface area contributed by atoms with Gasteiger partial charge in [-0.25, -0.2) is 0 Å². The second-order valence-electron chi connectivity index (χ2n) is 7.64. The van der Waals surface area contributed by atoms with E-state index in [-0.39, 0.29) is 18.1 Å². The van der Waals surface area contributed by atoms with Crippen LogP contribution in [0.4, 0.5) is 0 Å². The number of carbonyl (C=O) groups is 2.